The molecular weight excluding hydrogens is 635 g/mol. The van der Waals surface area contributed by atoms with Gasteiger partial charge in [-0.05, 0) is 5.41 Å². The molecule has 4 N–H and O–H groups in total. The second-order valence-corrected chi connectivity index (χ2v) is 13.1. The number of nitrogen functional groups attached to an aromatic ring is 1. The van der Waals surface area contributed by atoms with Crippen LogP contribution in [0, 0.1) is 0 Å². The van der Waals surface area contributed by atoms with Crippen LogP contribution in [0.4, 0.5) is 10.3 Å². The fraction of sp³-hybridized carbons (Fsp3) is 0.440. The number of rotatable bonds is 11. The monoisotopic (exact) mass is 663 g/mol. The van der Waals surface area contributed by atoms with Crippen LogP contribution in [0.5, 0.6) is 0 Å². The van der Waals surface area contributed by atoms with Crippen molar-refractivity contribution in [2.75, 3.05) is 52.0 Å². The minimum Gasteiger partial charge on any atom is -0.548 e. The zero-order valence-electron chi connectivity index (χ0n) is 23.8. The van der Waals surface area contributed by atoms with E-state index in [-0.39, 0.29) is 33.1 Å². The summed E-state index contributed by atoms with van der Waals surface area (Å²) in [7, 11) is 4.59. The Morgan fingerprint density at radius 3 is 2.34 bits per heavy atom. The topological polar surface area (TPSA) is 214 Å². The number of carboxylic acid groups (broad SMARTS) is 1. The van der Waals surface area contributed by atoms with E-state index in [2.05, 4.69) is 38.0 Å². The maximum atomic E-state index is 13.3. The Morgan fingerprint density at radius 1 is 1.09 bits per heavy atom. The summed E-state index contributed by atoms with van der Waals surface area (Å²) in [6.45, 7) is 2.37. The highest BCUT2D eigenvalue weighted by Crippen LogP contribution is 2.41. The maximum Gasteiger partial charge on any atom is 0.281 e. The molecule has 44 heavy (non-hydrogen) atoms. The molecule has 2 fully saturated rings. The van der Waals surface area contributed by atoms with Crippen molar-refractivity contribution < 1.29 is 38.4 Å². The van der Waals surface area contributed by atoms with Gasteiger partial charge in [0.05, 0.1) is 26.1 Å². The molecule has 2 aromatic heterocycles. The first kappa shape index (κ1) is 31.4. The zero-order chi connectivity index (χ0) is 31.6. The second kappa shape index (κ2) is 12.9. The molecule has 0 aromatic carbocycles. The number of amides is 3. The molecule has 0 spiro atoms. The second-order valence-electron chi connectivity index (χ2n) is 10.4. The Hall–Kier alpha value is -4.07. The molecule has 2 saturated heterocycles. The van der Waals surface area contributed by atoms with Gasteiger partial charge in [0.15, 0.2) is 21.7 Å². The summed E-state index contributed by atoms with van der Waals surface area (Å²) in [6.07, 6.45) is 2.13. The number of β-lactam (4-membered cyclic amide) rings is 1. The number of aromatic nitrogens is 2. The van der Waals surface area contributed by atoms with E-state index < -0.39 is 41.1 Å². The average Bonchev–Trinajstić information content (AvgIpc) is 3.74. The fourth-order valence-corrected chi connectivity index (χ4v) is 7.77. The predicted octanol–water partition coefficient (Wildman–Crippen LogP) is -0.836. The van der Waals surface area contributed by atoms with Gasteiger partial charge >= 0.3 is 0 Å². The van der Waals surface area contributed by atoms with Crippen LogP contribution in [0.1, 0.15) is 24.2 Å². The van der Waals surface area contributed by atoms with Crippen LogP contribution in [0.15, 0.2) is 32.1 Å². The molecule has 3 amide bonds. The summed E-state index contributed by atoms with van der Waals surface area (Å²) in [4.78, 5) is 70.7. The molecule has 0 saturated carbocycles. The van der Waals surface area contributed by atoms with Gasteiger partial charge in [-0.1, -0.05) is 10.3 Å². The van der Waals surface area contributed by atoms with E-state index >= 15 is 0 Å². The van der Waals surface area contributed by atoms with Crippen LogP contribution in [0.3, 0.4) is 0 Å². The lowest BCUT2D eigenvalue weighted by atomic mass is 9.97. The van der Waals surface area contributed by atoms with Crippen LogP contribution in [-0.4, -0.2) is 113 Å². The molecule has 19 heteroatoms. The fourth-order valence-electron chi connectivity index (χ4n) is 5.32. The molecule has 0 radical (unpaired) electrons. The van der Waals surface area contributed by atoms with Crippen molar-refractivity contribution in [3.63, 3.8) is 0 Å². The molecule has 2 aromatic rings. The van der Waals surface area contributed by atoms with Gasteiger partial charge in [0.2, 0.25) is 5.91 Å². The Morgan fingerprint density at radius 2 is 1.73 bits per heavy atom. The molecule has 234 valence electrons. The molecule has 1 unspecified atom stereocenters. The first-order valence-corrected chi connectivity index (χ1v) is 16.0. The van der Waals surface area contributed by atoms with Gasteiger partial charge < -0.3 is 40.0 Å². The Labute approximate surface area is 263 Å². The predicted molar refractivity (Wildman–Crippen MR) is 161 cm³/mol. The lowest BCUT2D eigenvalue weighted by molar-refractivity contribution is -0.893. The van der Waals surface area contributed by atoms with Gasteiger partial charge in [-0.2, -0.15) is 0 Å². The Kier molecular flexibility index (Phi) is 9.18. The quantitative estimate of drug-likeness (QED) is 0.117. The Balaban J connectivity index is 1.27. The number of carbonyl (C=O) groups excluding carboxylic acids is 4. The lowest BCUT2D eigenvalue weighted by Gasteiger charge is -2.53. The number of carbonyl (C=O) groups is 4. The minimum atomic E-state index is -1.36. The highest BCUT2D eigenvalue weighted by Gasteiger charge is 2.55. The van der Waals surface area contributed by atoms with Crippen molar-refractivity contribution in [1.82, 2.24) is 20.2 Å². The molecule has 5 heterocycles. The SMILES string of the molecule is CO/N=C(\C(=O)Nc1nc(/C(=N/OC)C(=O)N[C@@H]2C(=O)N3C(C(=O)[O-])C(C[N+]4(C)CCCC4)=CS[C@H]23)cs1)c1csc(N)n1. The molecule has 16 nitrogen and oxygen atoms in total. The minimum absolute atomic E-state index is 0.0603. The highest BCUT2D eigenvalue weighted by molar-refractivity contribution is 8.03. The summed E-state index contributed by atoms with van der Waals surface area (Å²) in [6, 6.07) is -2.22. The van der Waals surface area contributed by atoms with Crippen LogP contribution in [-0.2, 0) is 28.9 Å². The number of quaternary nitrogens is 1. The summed E-state index contributed by atoms with van der Waals surface area (Å²) in [5, 5.41) is 29.4. The average molecular weight is 664 g/mol. The molecule has 0 aliphatic carbocycles. The molecule has 3 aliphatic rings. The normalized spacial score (nSPS) is 22.9. The molecule has 3 atom stereocenters. The number of oxime groups is 2. The third kappa shape index (κ3) is 6.26. The standard InChI is InChI=1S/C25H29N9O7S3/c1-34(6-4-5-7-34)8-12-9-42-22-17(21(37)33(22)18(12)23(38)39)29-19(35)16(32-41-3)14-11-44-25(28-14)30-20(36)15(31-40-2)13-10-43-24(26)27-13/h9-11,17-18,22H,4-8H2,1-3H3,(H4-,26,27,28,29,30,35,36,38,39)/b31-15-,32-16-/t17-,18?,22-/m1/s1. The summed E-state index contributed by atoms with van der Waals surface area (Å²) in [5.74, 6) is -3.36. The molecule has 3 aliphatic heterocycles. The van der Waals surface area contributed by atoms with Gasteiger partial charge in [-0.15, -0.1) is 34.4 Å². The number of fused-ring (bicyclic) bond motifs is 1. The molecule has 5 rings (SSSR count). The third-order valence-electron chi connectivity index (χ3n) is 7.32. The first-order valence-electron chi connectivity index (χ1n) is 13.3. The number of likely N-dealkylation sites (tertiary alicyclic amines) is 1. The number of carboxylic acids is 1. The van der Waals surface area contributed by atoms with Crippen LogP contribution >= 0.6 is 34.4 Å². The summed E-state index contributed by atoms with van der Waals surface area (Å²) in [5.41, 5.74) is 6.15. The molecular formula is C25H29N9O7S3. The number of nitrogens with two attached hydrogens (primary N) is 1. The zero-order valence-corrected chi connectivity index (χ0v) is 26.3. The number of likely N-dealkylation sites (N-methyl/N-ethyl adjacent to an activating group) is 1. The number of thioether (sulfide) groups is 1. The summed E-state index contributed by atoms with van der Waals surface area (Å²) < 4.78 is 0.704. The number of nitrogens with one attached hydrogen (secondary N) is 2. The van der Waals surface area contributed by atoms with E-state index in [1.807, 2.05) is 0 Å². The number of thiazole rings is 2. The van der Waals surface area contributed by atoms with Gasteiger partial charge in [0, 0.05) is 29.2 Å². The number of nitrogens with zero attached hydrogens (tertiary/aromatic N) is 6. The number of anilines is 2. The first-order chi connectivity index (χ1) is 21.0. The highest BCUT2D eigenvalue weighted by atomic mass is 32.2. The van der Waals surface area contributed by atoms with Crippen molar-refractivity contribution in [2.45, 2.75) is 30.3 Å². The van der Waals surface area contributed by atoms with E-state index in [0.29, 0.717) is 16.6 Å². The van der Waals surface area contributed by atoms with E-state index in [0.717, 1.165) is 48.6 Å². The van der Waals surface area contributed by atoms with Gasteiger partial charge in [0.25, 0.3) is 11.8 Å². The lowest BCUT2D eigenvalue weighted by Crippen LogP contribution is -2.75. The maximum absolute atomic E-state index is 13.3. The number of aliphatic carboxylic acids is 1. The van der Waals surface area contributed by atoms with Crippen LogP contribution in [0.25, 0.3) is 0 Å². The van der Waals surface area contributed by atoms with Gasteiger partial charge in [-0.3, -0.25) is 19.7 Å². The Bertz CT molecular complexity index is 1560. The largest absolute Gasteiger partial charge is 0.548 e. The van der Waals surface area contributed by atoms with Crippen molar-refractivity contribution in [3.8, 4) is 0 Å². The van der Waals surface area contributed by atoms with E-state index in [1.165, 1.54) is 36.3 Å². The van der Waals surface area contributed by atoms with Crippen molar-refractivity contribution >= 4 is 79.8 Å². The smallest absolute Gasteiger partial charge is 0.281 e. The van der Waals surface area contributed by atoms with Crippen molar-refractivity contribution in [2.24, 2.45) is 10.3 Å². The third-order valence-corrected chi connectivity index (χ3v) is 9.96. The van der Waals surface area contributed by atoms with Gasteiger partial charge in [0.1, 0.15) is 49.6 Å². The van der Waals surface area contributed by atoms with Crippen LogP contribution < -0.4 is 21.5 Å². The van der Waals surface area contributed by atoms with E-state index in [9.17, 15) is 24.3 Å². The van der Waals surface area contributed by atoms with E-state index in [4.69, 9.17) is 15.4 Å². The van der Waals surface area contributed by atoms with Gasteiger partial charge in [-0.25, -0.2) is 9.97 Å². The number of hydrogen-bond acceptors (Lipinski definition) is 15. The van der Waals surface area contributed by atoms with Crippen molar-refractivity contribution in [3.05, 3.63) is 33.1 Å². The van der Waals surface area contributed by atoms with E-state index in [1.54, 1.807) is 10.8 Å². The molecule has 0 bridgehead atoms. The summed E-state index contributed by atoms with van der Waals surface area (Å²) >= 11 is 3.40. The van der Waals surface area contributed by atoms with Crippen LogP contribution in [0.2, 0.25) is 0 Å². The van der Waals surface area contributed by atoms with Crippen molar-refractivity contribution in [1.29, 1.82) is 0 Å². The number of hydrogen-bond donors (Lipinski definition) is 3.